The van der Waals surface area contributed by atoms with Gasteiger partial charge >= 0.3 is 5.97 Å². The number of methoxy groups -OCH3 is 1. The van der Waals surface area contributed by atoms with E-state index in [9.17, 15) is 4.79 Å². The van der Waals surface area contributed by atoms with Gasteiger partial charge in [0.2, 0.25) is 0 Å². The second-order valence-corrected chi connectivity index (χ2v) is 6.14. The van der Waals surface area contributed by atoms with Crippen LogP contribution >= 0.6 is 0 Å². The number of anilines is 1. The van der Waals surface area contributed by atoms with Crippen molar-refractivity contribution in [3.63, 3.8) is 0 Å². The molecule has 1 aromatic carbocycles. The van der Waals surface area contributed by atoms with E-state index in [1.165, 1.54) is 23.9 Å². The van der Waals surface area contributed by atoms with Gasteiger partial charge in [-0.1, -0.05) is 24.6 Å². The summed E-state index contributed by atoms with van der Waals surface area (Å²) in [5.41, 5.74) is 3.74. The van der Waals surface area contributed by atoms with Gasteiger partial charge in [0, 0.05) is 11.2 Å². The number of esters is 1. The molecule has 0 radical (unpaired) electrons. The van der Waals surface area contributed by atoms with Crippen molar-refractivity contribution in [2.24, 2.45) is 0 Å². The number of benzene rings is 1. The van der Waals surface area contributed by atoms with Crippen LogP contribution in [0, 0.1) is 6.92 Å². The standard InChI is InChI=1S/C16H23NO2/c1-11-6-7-14-13(8-11)12(2)9-16(3,4)17(14)10-15(18)19-5/h6-8,12H,9-10H2,1-5H3. The molecule has 2 rings (SSSR count). The summed E-state index contributed by atoms with van der Waals surface area (Å²) < 4.78 is 4.83. The molecule has 0 bridgehead atoms. The summed E-state index contributed by atoms with van der Waals surface area (Å²) in [6, 6.07) is 6.47. The maximum absolute atomic E-state index is 11.7. The number of carbonyl (C=O) groups is 1. The van der Waals surface area contributed by atoms with E-state index < -0.39 is 0 Å². The fourth-order valence-corrected chi connectivity index (χ4v) is 3.10. The molecule has 1 heterocycles. The third-order valence-corrected chi connectivity index (χ3v) is 4.06. The van der Waals surface area contributed by atoms with Crippen molar-refractivity contribution >= 4 is 11.7 Å². The number of hydrogen-bond donors (Lipinski definition) is 0. The van der Waals surface area contributed by atoms with Gasteiger partial charge in [0.15, 0.2) is 0 Å². The van der Waals surface area contributed by atoms with E-state index >= 15 is 0 Å². The average molecular weight is 261 g/mol. The summed E-state index contributed by atoms with van der Waals surface area (Å²) in [5, 5.41) is 0. The first-order valence-electron chi connectivity index (χ1n) is 6.80. The SMILES string of the molecule is COC(=O)CN1c2ccc(C)cc2C(C)CC1(C)C. The second kappa shape index (κ2) is 4.87. The Morgan fingerprint density at radius 2 is 2.16 bits per heavy atom. The molecule has 0 N–H and O–H groups in total. The smallest absolute Gasteiger partial charge is 0.325 e. The number of ether oxygens (including phenoxy) is 1. The lowest BCUT2D eigenvalue weighted by Crippen LogP contribution is -2.50. The lowest BCUT2D eigenvalue weighted by atomic mass is 9.79. The molecule has 104 valence electrons. The Morgan fingerprint density at radius 1 is 1.47 bits per heavy atom. The largest absolute Gasteiger partial charge is 0.468 e. The minimum absolute atomic E-state index is 0.0319. The van der Waals surface area contributed by atoms with Crippen LogP contribution in [0.5, 0.6) is 0 Å². The lowest BCUT2D eigenvalue weighted by Gasteiger charge is -2.47. The van der Waals surface area contributed by atoms with Gasteiger partial charge in [-0.05, 0) is 44.7 Å². The first-order chi connectivity index (χ1) is 8.85. The topological polar surface area (TPSA) is 29.5 Å². The van der Waals surface area contributed by atoms with Crippen LogP contribution < -0.4 is 4.90 Å². The van der Waals surface area contributed by atoms with Crippen LogP contribution in [-0.2, 0) is 9.53 Å². The predicted molar refractivity (Wildman–Crippen MR) is 77.7 cm³/mol. The Bertz CT molecular complexity index is 494. The second-order valence-electron chi connectivity index (χ2n) is 6.14. The molecule has 1 aliphatic rings. The van der Waals surface area contributed by atoms with E-state index in [0.717, 1.165) is 6.42 Å². The predicted octanol–water partition coefficient (Wildman–Crippen LogP) is 3.26. The van der Waals surface area contributed by atoms with Gasteiger partial charge in [-0.15, -0.1) is 0 Å². The van der Waals surface area contributed by atoms with Crippen LogP contribution in [0.2, 0.25) is 0 Å². The highest BCUT2D eigenvalue weighted by Crippen LogP contribution is 2.43. The Balaban J connectivity index is 2.45. The minimum atomic E-state index is -0.186. The normalized spacial score (nSPS) is 20.9. The van der Waals surface area contributed by atoms with Gasteiger partial charge in [0.1, 0.15) is 6.54 Å². The van der Waals surface area contributed by atoms with Gasteiger partial charge in [0.05, 0.1) is 7.11 Å². The summed E-state index contributed by atoms with van der Waals surface area (Å²) in [6.45, 7) is 9.06. The van der Waals surface area contributed by atoms with Crippen molar-refractivity contribution in [2.75, 3.05) is 18.6 Å². The van der Waals surface area contributed by atoms with Crippen LogP contribution in [0.4, 0.5) is 5.69 Å². The summed E-state index contributed by atoms with van der Waals surface area (Å²) in [7, 11) is 1.44. The van der Waals surface area contributed by atoms with Crippen molar-refractivity contribution in [2.45, 2.75) is 45.6 Å². The Hall–Kier alpha value is -1.51. The summed E-state index contributed by atoms with van der Waals surface area (Å²) in [5.74, 6) is 0.327. The molecule has 3 heteroatoms. The van der Waals surface area contributed by atoms with E-state index in [-0.39, 0.29) is 11.5 Å². The Morgan fingerprint density at radius 3 is 2.79 bits per heavy atom. The molecule has 0 aromatic heterocycles. The molecular weight excluding hydrogens is 238 g/mol. The molecule has 0 fully saturated rings. The minimum Gasteiger partial charge on any atom is -0.468 e. The Kier molecular flexibility index (Phi) is 3.57. The molecule has 3 nitrogen and oxygen atoms in total. The Labute approximate surface area is 115 Å². The molecule has 1 atom stereocenters. The zero-order valence-electron chi connectivity index (χ0n) is 12.5. The van der Waals surface area contributed by atoms with Crippen molar-refractivity contribution in [1.82, 2.24) is 0 Å². The number of rotatable bonds is 2. The van der Waals surface area contributed by atoms with Gasteiger partial charge in [0.25, 0.3) is 0 Å². The van der Waals surface area contributed by atoms with Gasteiger partial charge in [-0.3, -0.25) is 4.79 Å². The highest BCUT2D eigenvalue weighted by atomic mass is 16.5. The first kappa shape index (κ1) is 13.9. The number of carbonyl (C=O) groups excluding carboxylic acids is 1. The van der Waals surface area contributed by atoms with Crippen LogP contribution in [-0.4, -0.2) is 25.2 Å². The van der Waals surface area contributed by atoms with Crippen molar-refractivity contribution < 1.29 is 9.53 Å². The summed E-state index contributed by atoms with van der Waals surface area (Å²) >= 11 is 0. The van der Waals surface area contributed by atoms with Crippen molar-refractivity contribution in [3.05, 3.63) is 29.3 Å². The van der Waals surface area contributed by atoms with Gasteiger partial charge < -0.3 is 9.64 Å². The third-order valence-electron chi connectivity index (χ3n) is 4.06. The molecule has 1 aliphatic heterocycles. The first-order valence-corrected chi connectivity index (χ1v) is 6.80. The van der Waals surface area contributed by atoms with E-state index in [4.69, 9.17) is 4.74 Å². The monoisotopic (exact) mass is 261 g/mol. The number of aryl methyl sites for hydroxylation is 1. The fraction of sp³-hybridized carbons (Fsp3) is 0.562. The molecule has 0 saturated heterocycles. The number of fused-ring (bicyclic) bond motifs is 1. The van der Waals surface area contributed by atoms with Crippen molar-refractivity contribution in [3.8, 4) is 0 Å². The highest BCUT2D eigenvalue weighted by molar-refractivity contribution is 5.77. The zero-order valence-corrected chi connectivity index (χ0v) is 12.5. The molecule has 0 saturated carbocycles. The molecular formula is C16H23NO2. The van der Waals surface area contributed by atoms with Crippen LogP contribution in [0.25, 0.3) is 0 Å². The molecule has 19 heavy (non-hydrogen) atoms. The van der Waals surface area contributed by atoms with Crippen LogP contribution in [0.3, 0.4) is 0 Å². The molecule has 1 unspecified atom stereocenters. The molecule has 0 amide bonds. The van der Waals surface area contributed by atoms with E-state index in [1.807, 2.05) is 0 Å². The fourth-order valence-electron chi connectivity index (χ4n) is 3.10. The van der Waals surface area contributed by atoms with E-state index in [1.54, 1.807) is 0 Å². The van der Waals surface area contributed by atoms with Crippen LogP contribution in [0.1, 0.15) is 44.2 Å². The quantitative estimate of drug-likeness (QED) is 0.765. The average Bonchev–Trinajstić information content (AvgIpc) is 2.34. The maximum Gasteiger partial charge on any atom is 0.325 e. The lowest BCUT2D eigenvalue weighted by molar-refractivity contribution is -0.139. The maximum atomic E-state index is 11.7. The molecule has 1 aromatic rings. The van der Waals surface area contributed by atoms with Crippen LogP contribution in [0.15, 0.2) is 18.2 Å². The summed E-state index contributed by atoms with van der Waals surface area (Å²) in [4.78, 5) is 13.8. The zero-order chi connectivity index (χ0) is 14.2. The number of hydrogen-bond acceptors (Lipinski definition) is 3. The molecule has 0 spiro atoms. The van der Waals surface area contributed by atoms with Gasteiger partial charge in [-0.25, -0.2) is 0 Å². The molecule has 0 aliphatic carbocycles. The summed E-state index contributed by atoms with van der Waals surface area (Å²) in [6.07, 6.45) is 1.04. The third kappa shape index (κ3) is 2.60. The highest BCUT2D eigenvalue weighted by Gasteiger charge is 2.37. The van der Waals surface area contributed by atoms with Crippen molar-refractivity contribution in [1.29, 1.82) is 0 Å². The number of nitrogens with zero attached hydrogens (tertiary/aromatic N) is 1. The van der Waals surface area contributed by atoms with E-state index in [0.29, 0.717) is 12.5 Å². The van der Waals surface area contributed by atoms with E-state index in [2.05, 4.69) is 50.8 Å². The van der Waals surface area contributed by atoms with Gasteiger partial charge in [-0.2, -0.15) is 0 Å².